The van der Waals surface area contributed by atoms with Crippen LogP contribution in [0.4, 0.5) is 0 Å². The van der Waals surface area contributed by atoms with Crippen LogP contribution in [-0.4, -0.2) is 44.6 Å². The molecule has 2 rings (SSSR count). The number of aliphatic hydroxyl groups excluding tert-OH is 1. The molecule has 0 aliphatic carbocycles. The number of hydrogen-bond donors (Lipinski definition) is 1. The molecule has 1 aromatic carbocycles. The number of carbonyl (C=O) groups is 1. The van der Waals surface area contributed by atoms with Crippen molar-refractivity contribution in [1.82, 2.24) is 19.9 Å². The van der Waals surface area contributed by atoms with E-state index in [4.69, 9.17) is 5.11 Å². The Labute approximate surface area is 124 Å². The minimum absolute atomic E-state index is 0.000802. The predicted octanol–water partition coefficient (Wildman–Crippen LogP) is 1.03. The quantitative estimate of drug-likeness (QED) is 0.862. The molecule has 6 nitrogen and oxygen atoms in total. The maximum absolute atomic E-state index is 12.3. The zero-order chi connectivity index (χ0) is 15.2. The summed E-state index contributed by atoms with van der Waals surface area (Å²) in [7, 11) is 1.78. The van der Waals surface area contributed by atoms with E-state index in [1.165, 1.54) is 4.68 Å². The van der Waals surface area contributed by atoms with Gasteiger partial charge in [0.2, 0.25) is 5.91 Å². The Balaban J connectivity index is 1.98. The van der Waals surface area contributed by atoms with E-state index in [9.17, 15) is 4.79 Å². The van der Waals surface area contributed by atoms with Gasteiger partial charge in [0.15, 0.2) is 0 Å². The highest BCUT2D eigenvalue weighted by Gasteiger charge is 2.18. The van der Waals surface area contributed by atoms with Crippen molar-refractivity contribution in [2.45, 2.75) is 25.9 Å². The second-order valence-corrected chi connectivity index (χ2v) is 4.97. The highest BCUT2D eigenvalue weighted by molar-refractivity contribution is 5.76. The molecule has 1 atom stereocenters. The summed E-state index contributed by atoms with van der Waals surface area (Å²) in [5.41, 5.74) is 1.77. The lowest BCUT2D eigenvalue weighted by Crippen LogP contribution is -2.32. The Morgan fingerprint density at radius 1 is 1.38 bits per heavy atom. The SMILES string of the molecule is CC(c1ccccc1)N(C)C(=O)Cn1cc(CCO)nn1. The summed E-state index contributed by atoms with van der Waals surface area (Å²) >= 11 is 0. The Kier molecular flexibility index (Phi) is 5.05. The fraction of sp³-hybridized carbons (Fsp3) is 0.400. The molecule has 0 radical (unpaired) electrons. The van der Waals surface area contributed by atoms with Gasteiger partial charge in [-0.2, -0.15) is 0 Å². The smallest absolute Gasteiger partial charge is 0.244 e. The Morgan fingerprint density at radius 2 is 2.10 bits per heavy atom. The summed E-state index contributed by atoms with van der Waals surface area (Å²) in [6.07, 6.45) is 2.14. The first kappa shape index (κ1) is 15.2. The molecular formula is C15H20N4O2. The first-order valence-corrected chi connectivity index (χ1v) is 6.92. The van der Waals surface area contributed by atoms with Crippen molar-refractivity contribution in [2.75, 3.05) is 13.7 Å². The number of rotatable bonds is 6. The second kappa shape index (κ2) is 6.99. The molecule has 0 aliphatic rings. The van der Waals surface area contributed by atoms with Crippen molar-refractivity contribution in [3.8, 4) is 0 Å². The first-order chi connectivity index (χ1) is 10.1. The predicted molar refractivity (Wildman–Crippen MR) is 78.4 cm³/mol. The van der Waals surface area contributed by atoms with Gasteiger partial charge in [-0.15, -0.1) is 5.10 Å². The minimum Gasteiger partial charge on any atom is -0.396 e. The van der Waals surface area contributed by atoms with E-state index in [0.717, 1.165) is 5.56 Å². The van der Waals surface area contributed by atoms with E-state index in [1.54, 1.807) is 18.1 Å². The molecule has 0 saturated heterocycles. The molecule has 1 N–H and O–H groups in total. The highest BCUT2D eigenvalue weighted by atomic mass is 16.3. The molecule has 0 bridgehead atoms. The lowest BCUT2D eigenvalue weighted by Gasteiger charge is -2.25. The van der Waals surface area contributed by atoms with Crippen LogP contribution in [0.1, 0.15) is 24.2 Å². The summed E-state index contributed by atoms with van der Waals surface area (Å²) in [6.45, 7) is 2.16. The van der Waals surface area contributed by atoms with Crippen molar-refractivity contribution in [3.63, 3.8) is 0 Å². The zero-order valence-electron chi connectivity index (χ0n) is 12.3. The average Bonchev–Trinajstić information content (AvgIpc) is 2.94. The molecule has 6 heteroatoms. The van der Waals surface area contributed by atoms with Gasteiger partial charge >= 0.3 is 0 Å². The Morgan fingerprint density at radius 3 is 2.76 bits per heavy atom. The molecule has 0 aliphatic heterocycles. The molecule has 1 unspecified atom stereocenters. The average molecular weight is 288 g/mol. The normalized spacial score (nSPS) is 12.1. The van der Waals surface area contributed by atoms with Crippen LogP contribution in [0.3, 0.4) is 0 Å². The van der Waals surface area contributed by atoms with Crippen LogP contribution < -0.4 is 0 Å². The highest BCUT2D eigenvalue weighted by Crippen LogP contribution is 2.18. The van der Waals surface area contributed by atoms with Crippen molar-refractivity contribution in [3.05, 3.63) is 47.8 Å². The number of aliphatic hydroxyl groups is 1. The summed E-state index contributed by atoms with van der Waals surface area (Å²) in [5, 5.41) is 16.6. The summed E-state index contributed by atoms with van der Waals surface area (Å²) in [5.74, 6) is -0.0354. The van der Waals surface area contributed by atoms with Gasteiger partial charge in [0.1, 0.15) is 6.54 Å². The zero-order valence-corrected chi connectivity index (χ0v) is 12.3. The first-order valence-electron chi connectivity index (χ1n) is 6.92. The molecule has 0 saturated carbocycles. The maximum Gasteiger partial charge on any atom is 0.244 e. The summed E-state index contributed by atoms with van der Waals surface area (Å²) in [4.78, 5) is 14.0. The van der Waals surface area contributed by atoms with E-state index in [-0.39, 0.29) is 25.1 Å². The number of benzene rings is 1. The van der Waals surface area contributed by atoms with E-state index in [2.05, 4.69) is 10.3 Å². The minimum atomic E-state index is -0.0354. The monoisotopic (exact) mass is 288 g/mol. The van der Waals surface area contributed by atoms with Gasteiger partial charge in [0.05, 0.1) is 11.7 Å². The third kappa shape index (κ3) is 3.88. The molecule has 112 valence electrons. The molecule has 1 heterocycles. The molecule has 2 aromatic rings. The molecule has 0 spiro atoms. The van der Waals surface area contributed by atoms with Crippen LogP contribution in [0.2, 0.25) is 0 Å². The van der Waals surface area contributed by atoms with Crippen LogP contribution in [0.5, 0.6) is 0 Å². The van der Waals surface area contributed by atoms with Crippen molar-refractivity contribution in [1.29, 1.82) is 0 Å². The third-order valence-electron chi connectivity index (χ3n) is 3.51. The Bertz CT molecular complexity index is 582. The van der Waals surface area contributed by atoms with Crippen LogP contribution in [0.15, 0.2) is 36.5 Å². The number of hydrogen-bond acceptors (Lipinski definition) is 4. The van der Waals surface area contributed by atoms with Gasteiger partial charge in [0.25, 0.3) is 0 Å². The standard InChI is InChI=1S/C15H20N4O2/c1-12(13-6-4-3-5-7-13)18(2)15(21)11-19-10-14(8-9-20)16-17-19/h3-7,10,12,20H,8-9,11H2,1-2H3. The van der Waals surface area contributed by atoms with E-state index in [0.29, 0.717) is 12.1 Å². The van der Waals surface area contributed by atoms with Gasteiger partial charge < -0.3 is 10.0 Å². The summed E-state index contributed by atoms with van der Waals surface area (Å²) < 4.78 is 1.50. The number of aromatic nitrogens is 3. The molecule has 1 amide bonds. The van der Waals surface area contributed by atoms with E-state index < -0.39 is 0 Å². The topological polar surface area (TPSA) is 71.2 Å². The van der Waals surface area contributed by atoms with Crippen LogP contribution in [0, 0.1) is 0 Å². The van der Waals surface area contributed by atoms with Gasteiger partial charge in [-0.05, 0) is 12.5 Å². The van der Waals surface area contributed by atoms with Gasteiger partial charge in [-0.25, -0.2) is 4.68 Å². The molecule has 0 fully saturated rings. The van der Waals surface area contributed by atoms with Gasteiger partial charge in [-0.3, -0.25) is 4.79 Å². The Hall–Kier alpha value is -2.21. The number of likely N-dealkylation sites (N-methyl/N-ethyl adjacent to an activating group) is 1. The molecule has 21 heavy (non-hydrogen) atoms. The number of amides is 1. The lowest BCUT2D eigenvalue weighted by atomic mass is 10.1. The second-order valence-electron chi connectivity index (χ2n) is 4.97. The van der Waals surface area contributed by atoms with Gasteiger partial charge in [-0.1, -0.05) is 35.5 Å². The largest absolute Gasteiger partial charge is 0.396 e. The molecule has 1 aromatic heterocycles. The summed E-state index contributed by atoms with van der Waals surface area (Å²) in [6, 6.07) is 9.88. The van der Waals surface area contributed by atoms with Gasteiger partial charge in [0, 0.05) is 26.3 Å². The molecular weight excluding hydrogens is 268 g/mol. The fourth-order valence-corrected chi connectivity index (χ4v) is 2.07. The number of nitrogens with zero attached hydrogens (tertiary/aromatic N) is 4. The fourth-order valence-electron chi connectivity index (χ4n) is 2.07. The van der Waals surface area contributed by atoms with Crippen LogP contribution >= 0.6 is 0 Å². The van der Waals surface area contributed by atoms with E-state index in [1.807, 2.05) is 37.3 Å². The maximum atomic E-state index is 12.3. The van der Waals surface area contributed by atoms with Crippen molar-refractivity contribution < 1.29 is 9.90 Å². The van der Waals surface area contributed by atoms with Crippen LogP contribution in [-0.2, 0) is 17.8 Å². The van der Waals surface area contributed by atoms with E-state index >= 15 is 0 Å². The third-order valence-corrected chi connectivity index (χ3v) is 3.51. The van der Waals surface area contributed by atoms with Crippen molar-refractivity contribution in [2.24, 2.45) is 0 Å². The van der Waals surface area contributed by atoms with Crippen LogP contribution in [0.25, 0.3) is 0 Å². The lowest BCUT2D eigenvalue weighted by molar-refractivity contribution is -0.132. The number of carbonyl (C=O) groups excluding carboxylic acids is 1. The van der Waals surface area contributed by atoms with Crippen molar-refractivity contribution >= 4 is 5.91 Å².